The maximum Gasteiger partial charge on any atom is 0.405 e. The van der Waals surface area contributed by atoms with E-state index >= 15 is 0 Å². The van der Waals surface area contributed by atoms with Crippen LogP contribution < -0.4 is 10.6 Å². The number of carbonyl (C=O) groups excluding carboxylic acids is 2. The summed E-state index contributed by atoms with van der Waals surface area (Å²) in [4.78, 5) is 22.2. The van der Waals surface area contributed by atoms with Crippen molar-refractivity contribution in [3.05, 3.63) is 11.6 Å². The second-order valence-electron chi connectivity index (χ2n) is 4.41. The molecule has 2 N–H and O–H groups in total. The SMILES string of the molecule is O=C(NCCC1=CCCCC1)C(=O)NCC(F)(F)F. The highest BCUT2D eigenvalue weighted by Crippen LogP contribution is 2.19. The normalized spacial score (nSPS) is 15.6. The van der Waals surface area contributed by atoms with Gasteiger partial charge in [-0.2, -0.15) is 13.2 Å². The Morgan fingerprint density at radius 3 is 2.42 bits per heavy atom. The molecule has 0 saturated heterocycles. The Bertz CT molecular complexity index is 364. The van der Waals surface area contributed by atoms with Gasteiger partial charge in [0.25, 0.3) is 0 Å². The predicted octanol–water partition coefficient (Wildman–Crippen LogP) is 1.67. The van der Waals surface area contributed by atoms with Crippen molar-refractivity contribution < 1.29 is 22.8 Å². The molecule has 1 aliphatic carbocycles. The maximum atomic E-state index is 11.8. The van der Waals surface area contributed by atoms with Crippen LogP contribution >= 0.6 is 0 Å². The number of allylic oxidation sites excluding steroid dienone is 1. The van der Waals surface area contributed by atoms with Crippen molar-refractivity contribution in [3.8, 4) is 0 Å². The minimum absolute atomic E-state index is 0.268. The van der Waals surface area contributed by atoms with Crippen molar-refractivity contribution in [3.63, 3.8) is 0 Å². The average molecular weight is 278 g/mol. The molecule has 0 bridgehead atoms. The molecule has 0 saturated carbocycles. The number of halogens is 3. The zero-order valence-corrected chi connectivity index (χ0v) is 10.5. The number of alkyl halides is 3. The monoisotopic (exact) mass is 278 g/mol. The third-order valence-electron chi connectivity index (χ3n) is 2.77. The Labute approximate surface area is 109 Å². The summed E-state index contributed by atoms with van der Waals surface area (Å²) in [6.07, 6.45) is 2.52. The second kappa shape index (κ2) is 7.16. The molecule has 108 valence electrons. The lowest BCUT2D eigenvalue weighted by Crippen LogP contribution is -2.43. The Hall–Kier alpha value is -1.53. The van der Waals surface area contributed by atoms with Crippen molar-refractivity contribution in [2.45, 2.75) is 38.3 Å². The molecule has 0 heterocycles. The number of rotatable bonds is 4. The summed E-state index contributed by atoms with van der Waals surface area (Å²) in [7, 11) is 0. The van der Waals surface area contributed by atoms with Gasteiger partial charge in [-0.15, -0.1) is 0 Å². The van der Waals surface area contributed by atoms with Crippen molar-refractivity contribution in [2.75, 3.05) is 13.1 Å². The number of carbonyl (C=O) groups is 2. The summed E-state index contributed by atoms with van der Waals surface area (Å²) in [5.74, 6) is -2.28. The molecule has 1 aliphatic rings. The van der Waals surface area contributed by atoms with Crippen LogP contribution in [0.4, 0.5) is 13.2 Å². The molecule has 7 heteroatoms. The maximum absolute atomic E-state index is 11.8. The highest BCUT2D eigenvalue weighted by atomic mass is 19.4. The quantitative estimate of drug-likeness (QED) is 0.607. The molecule has 0 aliphatic heterocycles. The molecule has 2 amide bonds. The first-order valence-electron chi connectivity index (χ1n) is 6.19. The predicted molar refractivity (Wildman–Crippen MR) is 63.2 cm³/mol. The molecule has 0 radical (unpaired) electrons. The van der Waals surface area contributed by atoms with E-state index in [1.165, 1.54) is 10.9 Å². The zero-order valence-electron chi connectivity index (χ0n) is 10.5. The Balaban J connectivity index is 2.19. The van der Waals surface area contributed by atoms with E-state index in [4.69, 9.17) is 0 Å². The molecular weight excluding hydrogens is 261 g/mol. The largest absolute Gasteiger partial charge is 0.405 e. The van der Waals surface area contributed by atoms with Gasteiger partial charge in [-0.05, 0) is 32.1 Å². The minimum Gasteiger partial charge on any atom is -0.348 e. The molecule has 0 fully saturated rings. The van der Waals surface area contributed by atoms with E-state index in [9.17, 15) is 22.8 Å². The molecule has 0 unspecified atom stereocenters. The average Bonchev–Trinajstić information content (AvgIpc) is 2.36. The van der Waals surface area contributed by atoms with Crippen molar-refractivity contribution >= 4 is 11.8 Å². The van der Waals surface area contributed by atoms with Crippen LogP contribution in [0.3, 0.4) is 0 Å². The van der Waals surface area contributed by atoms with Crippen LogP contribution in [0.5, 0.6) is 0 Å². The van der Waals surface area contributed by atoms with Crippen molar-refractivity contribution in [2.24, 2.45) is 0 Å². The van der Waals surface area contributed by atoms with Gasteiger partial charge >= 0.3 is 18.0 Å². The van der Waals surface area contributed by atoms with E-state index in [0.717, 1.165) is 25.7 Å². The van der Waals surface area contributed by atoms with Gasteiger partial charge in [-0.3, -0.25) is 9.59 Å². The van der Waals surface area contributed by atoms with E-state index in [1.54, 1.807) is 0 Å². The fourth-order valence-electron chi connectivity index (χ4n) is 1.81. The van der Waals surface area contributed by atoms with Gasteiger partial charge in [-0.25, -0.2) is 0 Å². The third-order valence-corrected chi connectivity index (χ3v) is 2.77. The van der Waals surface area contributed by atoms with Gasteiger partial charge in [0.2, 0.25) is 0 Å². The van der Waals surface area contributed by atoms with Crippen LogP contribution in [0, 0.1) is 0 Å². The fourth-order valence-corrected chi connectivity index (χ4v) is 1.81. The van der Waals surface area contributed by atoms with Crippen LogP contribution in [-0.2, 0) is 9.59 Å². The lowest BCUT2D eigenvalue weighted by molar-refractivity contribution is -0.146. The molecule has 4 nitrogen and oxygen atoms in total. The number of hydrogen-bond donors (Lipinski definition) is 2. The van der Waals surface area contributed by atoms with Crippen LogP contribution in [-0.4, -0.2) is 31.1 Å². The van der Waals surface area contributed by atoms with Crippen LogP contribution in [0.25, 0.3) is 0 Å². The first-order valence-corrected chi connectivity index (χ1v) is 6.19. The minimum atomic E-state index is -4.51. The Kier molecular flexibility index (Phi) is 5.85. The first-order chi connectivity index (χ1) is 8.88. The highest BCUT2D eigenvalue weighted by Gasteiger charge is 2.29. The Morgan fingerprint density at radius 1 is 1.16 bits per heavy atom. The summed E-state index contributed by atoms with van der Waals surface area (Å²) >= 11 is 0. The van der Waals surface area contributed by atoms with Gasteiger partial charge in [0.05, 0.1) is 0 Å². The van der Waals surface area contributed by atoms with Crippen LogP contribution in [0.1, 0.15) is 32.1 Å². The van der Waals surface area contributed by atoms with Gasteiger partial charge in [-0.1, -0.05) is 11.6 Å². The lowest BCUT2D eigenvalue weighted by Gasteiger charge is -2.13. The van der Waals surface area contributed by atoms with E-state index in [2.05, 4.69) is 11.4 Å². The summed E-state index contributed by atoms with van der Waals surface area (Å²) in [6.45, 7) is -1.23. The van der Waals surface area contributed by atoms with E-state index in [-0.39, 0.29) is 6.54 Å². The molecular formula is C12H17F3N2O2. The van der Waals surface area contributed by atoms with Crippen molar-refractivity contribution in [1.29, 1.82) is 0 Å². The van der Waals surface area contributed by atoms with Gasteiger partial charge in [0, 0.05) is 6.54 Å². The standard InChI is InChI=1S/C12H17F3N2O2/c13-12(14,15)8-17-11(19)10(18)16-7-6-9-4-2-1-3-5-9/h4H,1-3,5-8H2,(H,16,18)(H,17,19). The van der Waals surface area contributed by atoms with Gasteiger partial charge in [0.1, 0.15) is 6.54 Å². The van der Waals surface area contributed by atoms with E-state index in [1.807, 2.05) is 0 Å². The van der Waals surface area contributed by atoms with Crippen LogP contribution in [0.2, 0.25) is 0 Å². The number of nitrogens with one attached hydrogen (secondary N) is 2. The summed E-state index contributed by atoms with van der Waals surface area (Å²) < 4.78 is 35.5. The molecule has 0 aromatic heterocycles. The summed E-state index contributed by atoms with van der Waals surface area (Å²) in [5, 5.41) is 3.83. The smallest absolute Gasteiger partial charge is 0.348 e. The summed E-state index contributed by atoms with van der Waals surface area (Å²) in [6, 6.07) is 0. The third kappa shape index (κ3) is 6.83. The second-order valence-corrected chi connectivity index (χ2v) is 4.41. The van der Waals surface area contributed by atoms with Crippen molar-refractivity contribution in [1.82, 2.24) is 10.6 Å². The van der Waals surface area contributed by atoms with Gasteiger partial charge in [0.15, 0.2) is 0 Å². The lowest BCUT2D eigenvalue weighted by atomic mass is 9.97. The number of amides is 2. The number of hydrogen-bond acceptors (Lipinski definition) is 2. The van der Waals surface area contributed by atoms with E-state index in [0.29, 0.717) is 6.42 Å². The highest BCUT2D eigenvalue weighted by molar-refractivity contribution is 6.35. The van der Waals surface area contributed by atoms with Gasteiger partial charge < -0.3 is 10.6 Å². The molecule has 0 spiro atoms. The van der Waals surface area contributed by atoms with Crippen LogP contribution in [0.15, 0.2) is 11.6 Å². The molecule has 0 aromatic carbocycles. The molecule has 19 heavy (non-hydrogen) atoms. The molecule has 0 atom stereocenters. The first kappa shape index (κ1) is 15.5. The van der Waals surface area contributed by atoms with E-state index < -0.39 is 24.5 Å². The Morgan fingerprint density at radius 2 is 1.84 bits per heavy atom. The molecule has 0 aromatic rings. The zero-order chi connectivity index (χ0) is 14.3. The fraction of sp³-hybridized carbons (Fsp3) is 0.667. The molecule has 1 rings (SSSR count). The topological polar surface area (TPSA) is 58.2 Å². The summed E-state index contributed by atoms with van der Waals surface area (Å²) in [5.41, 5.74) is 1.22.